The number of hydrogen-bond acceptors (Lipinski definition) is 3. The molecule has 0 fully saturated rings. The van der Waals surface area contributed by atoms with Crippen molar-refractivity contribution in [1.82, 2.24) is 4.98 Å². The van der Waals surface area contributed by atoms with Crippen LogP contribution in [-0.4, -0.2) is 12.1 Å². The maximum Gasteiger partial charge on any atom is 0.218 e. The predicted molar refractivity (Wildman–Crippen MR) is 82.1 cm³/mol. The topological polar surface area (TPSA) is 34.1 Å². The molecule has 0 spiro atoms. The minimum Gasteiger partial charge on any atom is -0.481 e. The van der Waals surface area contributed by atoms with Gasteiger partial charge in [0, 0.05) is 24.0 Å². The molecule has 0 atom stereocenters. The first-order chi connectivity index (χ1) is 9.86. The van der Waals surface area contributed by atoms with Crippen molar-refractivity contribution in [2.24, 2.45) is 0 Å². The number of nitrogens with one attached hydrogen (secondary N) is 1. The first kappa shape index (κ1) is 12.5. The molecule has 3 nitrogen and oxygen atoms in total. The van der Waals surface area contributed by atoms with Gasteiger partial charge in [0.05, 0.1) is 7.11 Å². The van der Waals surface area contributed by atoms with Gasteiger partial charge in [-0.2, -0.15) is 0 Å². The van der Waals surface area contributed by atoms with Crippen LogP contribution in [0.4, 0.5) is 5.69 Å². The van der Waals surface area contributed by atoms with Crippen LogP contribution in [0.5, 0.6) is 5.88 Å². The molecule has 0 aliphatic carbocycles. The van der Waals surface area contributed by atoms with Crippen LogP contribution in [0.3, 0.4) is 0 Å². The molecule has 1 N–H and O–H groups in total. The second-order valence-electron chi connectivity index (χ2n) is 4.59. The summed E-state index contributed by atoms with van der Waals surface area (Å²) in [6.07, 6.45) is 1.73. The average Bonchev–Trinajstić information content (AvgIpc) is 2.53. The molecule has 0 radical (unpaired) electrons. The van der Waals surface area contributed by atoms with E-state index in [0.717, 1.165) is 11.3 Å². The normalized spacial score (nSPS) is 10.4. The number of fused-ring (bicyclic) bond motifs is 1. The van der Waals surface area contributed by atoms with Crippen LogP contribution in [0.15, 0.2) is 60.8 Å². The van der Waals surface area contributed by atoms with E-state index >= 15 is 0 Å². The number of benzene rings is 2. The van der Waals surface area contributed by atoms with Gasteiger partial charge in [0.15, 0.2) is 0 Å². The van der Waals surface area contributed by atoms with Crippen LogP contribution in [-0.2, 0) is 6.54 Å². The Bertz CT molecular complexity index is 725. The highest BCUT2D eigenvalue weighted by Gasteiger charge is 2.03. The van der Waals surface area contributed by atoms with Crippen molar-refractivity contribution in [2.75, 3.05) is 12.4 Å². The van der Waals surface area contributed by atoms with E-state index in [4.69, 9.17) is 4.74 Å². The standard InChI is InChI=1S/C17H16N2O/c1-20-17-15(7-4-10-18-17)12-19-16-9-8-13-5-2-3-6-14(13)11-16/h2-11,19H,12H2,1H3. The molecule has 0 saturated heterocycles. The van der Waals surface area contributed by atoms with E-state index < -0.39 is 0 Å². The zero-order chi connectivity index (χ0) is 13.8. The summed E-state index contributed by atoms with van der Waals surface area (Å²) in [5, 5.41) is 5.89. The summed E-state index contributed by atoms with van der Waals surface area (Å²) in [7, 11) is 1.64. The van der Waals surface area contributed by atoms with Crippen molar-refractivity contribution in [2.45, 2.75) is 6.54 Å². The Kier molecular flexibility index (Phi) is 3.50. The highest BCUT2D eigenvalue weighted by Crippen LogP contribution is 2.20. The fourth-order valence-corrected chi connectivity index (χ4v) is 2.24. The van der Waals surface area contributed by atoms with E-state index in [9.17, 15) is 0 Å². The van der Waals surface area contributed by atoms with Gasteiger partial charge in [-0.05, 0) is 29.0 Å². The molecule has 20 heavy (non-hydrogen) atoms. The Labute approximate surface area is 118 Å². The molecule has 0 bridgehead atoms. The van der Waals surface area contributed by atoms with Crippen molar-refractivity contribution < 1.29 is 4.74 Å². The van der Waals surface area contributed by atoms with Crippen molar-refractivity contribution in [3.63, 3.8) is 0 Å². The lowest BCUT2D eigenvalue weighted by atomic mass is 10.1. The van der Waals surface area contributed by atoms with E-state index in [1.165, 1.54) is 10.8 Å². The number of aromatic nitrogens is 1. The second kappa shape index (κ2) is 5.61. The third-order valence-electron chi connectivity index (χ3n) is 3.28. The summed E-state index contributed by atoms with van der Waals surface area (Å²) < 4.78 is 5.25. The summed E-state index contributed by atoms with van der Waals surface area (Å²) >= 11 is 0. The Morgan fingerprint density at radius 1 is 1.00 bits per heavy atom. The van der Waals surface area contributed by atoms with Gasteiger partial charge in [-0.25, -0.2) is 4.98 Å². The number of nitrogens with zero attached hydrogens (tertiary/aromatic N) is 1. The first-order valence-corrected chi connectivity index (χ1v) is 6.57. The molecule has 0 aliphatic heterocycles. The van der Waals surface area contributed by atoms with E-state index in [2.05, 4.69) is 52.8 Å². The molecule has 3 rings (SSSR count). The lowest BCUT2D eigenvalue weighted by molar-refractivity contribution is 0.393. The number of ether oxygens (including phenoxy) is 1. The number of pyridine rings is 1. The highest BCUT2D eigenvalue weighted by molar-refractivity contribution is 5.85. The number of hydrogen-bond donors (Lipinski definition) is 1. The van der Waals surface area contributed by atoms with Gasteiger partial charge < -0.3 is 10.1 Å². The smallest absolute Gasteiger partial charge is 0.218 e. The molecule has 1 heterocycles. The van der Waals surface area contributed by atoms with Crippen LogP contribution in [0.2, 0.25) is 0 Å². The minimum absolute atomic E-state index is 0.667. The van der Waals surface area contributed by atoms with Crippen LogP contribution in [0.1, 0.15) is 5.56 Å². The van der Waals surface area contributed by atoms with E-state index in [0.29, 0.717) is 12.4 Å². The summed E-state index contributed by atoms with van der Waals surface area (Å²) in [6.45, 7) is 0.690. The van der Waals surface area contributed by atoms with Crippen molar-refractivity contribution in [3.8, 4) is 5.88 Å². The molecule has 100 valence electrons. The summed E-state index contributed by atoms with van der Waals surface area (Å²) in [5.41, 5.74) is 2.14. The lowest BCUT2D eigenvalue weighted by Gasteiger charge is -2.10. The largest absolute Gasteiger partial charge is 0.481 e. The zero-order valence-electron chi connectivity index (χ0n) is 11.3. The van der Waals surface area contributed by atoms with E-state index in [-0.39, 0.29) is 0 Å². The quantitative estimate of drug-likeness (QED) is 0.777. The Balaban J connectivity index is 1.79. The molecule has 0 unspecified atom stereocenters. The first-order valence-electron chi connectivity index (χ1n) is 6.57. The second-order valence-corrected chi connectivity index (χ2v) is 4.59. The number of methoxy groups -OCH3 is 1. The van der Waals surface area contributed by atoms with Gasteiger partial charge >= 0.3 is 0 Å². The molecular formula is C17H16N2O. The Morgan fingerprint density at radius 2 is 1.85 bits per heavy atom. The zero-order valence-corrected chi connectivity index (χ0v) is 11.3. The molecule has 1 aromatic heterocycles. The minimum atomic E-state index is 0.667. The third-order valence-corrected chi connectivity index (χ3v) is 3.28. The van der Waals surface area contributed by atoms with Crippen LogP contribution < -0.4 is 10.1 Å². The van der Waals surface area contributed by atoms with Crippen LogP contribution in [0.25, 0.3) is 10.8 Å². The molecule has 3 aromatic rings. The van der Waals surface area contributed by atoms with Crippen molar-refractivity contribution >= 4 is 16.5 Å². The van der Waals surface area contributed by atoms with E-state index in [1.807, 2.05) is 12.1 Å². The molecule has 0 saturated carbocycles. The Morgan fingerprint density at radius 3 is 2.70 bits per heavy atom. The van der Waals surface area contributed by atoms with Gasteiger partial charge in [-0.3, -0.25) is 0 Å². The fraction of sp³-hybridized carbons (Fsp3) is 0.118. The highest BCUT2D eigenvalue weighted by atomic mass is 16.5. The van der Waals surface area contributed by atoms with Crippen molar-refractivity contribution in [1.29, 1.82) is 0 Å². The maximum absolute atomic E-state index is 5.25. The average molecular weight is 264 g/mol. The summed E-state index contributed by atoms with van der Waals surface area (Å²) in [4.78, 5) is 4.20. The van der Waals surface area contributed by atoms with Gasteiger partial charge in [0.1, 0.15) is 0 Å². The number of anilines is 1. The molecular weight excluding hydrogens is 248 g/mol. The number of rotatable bonds is 4. The maximum atomic E-state index is 5.25. The lowest BCUT2D eigenvalue weighted by Crippen LogP contribution is -2.02. The fourth-order valence-electron chi connectivity index (χ4n) is 2.24. The SMILES string of the molecule is COc1ncccc1CNc1ccc2ccccc2c1. The van der Waals surface area contributed by atoms with Gasteiger partial charge in [0.2, 0.25) is 5.88 Å². The van der Waals surface area contributed by atoms with Crippen molar-refractivity contribution in [3.05, 3.63) is 66.4 Å². The Hall–Kier alpha value is -2.55. The predicted octanol–water partition coefficient (Wildman–Crippen LogP) is 3.86. The summed E-state index contributed by atoms with van der Waals surface area (Å²) in [6, 6.07) is 18.6. The summed E-state index contributed by atoms with van der Waals surface area (Å²) in [5.74, 6) is 0.667. The third kappa shape index (κ3) is 2.57. The van der Waals surface area contributed by atoms with E-state index in [1.54, 1.807) is 13.3 Å². The van der Waals surface area contributed by atoms with Crippen LogP contribution >= 0.6 is 0 Å². The van der Waals surface area contributed by atoms with Gasteiger partial charge in [-0.15, -0.1) is 0 Å². The monoisotopic (exact) mass is 264 g/mol. The molecule has 0 amide bonds. The molecule has 0 aliphatic rings. The molecule has 2 aromatic carbocycles. The van der Waals surface area contributed by atoms with Gasteiger partial charge in [-0.1, -0.05) is 36.4 Å². The molecule has 3 heteroatoms. The van der Waals surface area contributed by atoms with Crippen LogP contribution in [0, 0.1) is 0 Å². The van der Waals surface area contributed by atoms with Gasteiger partial charge in [0.25, 0.3) is 0 Å².